The quantitative estimate of drug-likeness (QED) is 0.719. The first-order valence-corrected chi connectivity index (χ1v) is 8.58. The molecule has 110 valence electrons. The van der Waals surface area contributed by atoms with E-state index >= 15 is 0 Å². The molecule has 0 radical (unpaired) electrons. The number of hydrogen-bond donors (Lipinski definition) is 1. The molecule has 0 amide bonds. The Hall–Kier alpha value is -0.980. The van der Waals surface area contributed by atoms with Crippen LogP contribution in [-0.4, -0.2) is 0 Å². The number of nitrogens with two attached hydrogens (primary N) is 1. The van der Waals surface area contributed by atoms with Gasteiger partial charge in [-0.25, -0.2) is 0 Å². The van der Waals surface area contributed by atoms with E-state index in [2.05, 4.69) is 31.2 Å². The highest BCUT2D eigenvalue weighted by atomic mass is 14.5. The minimum atomic E-state index is 0.786. The van der Waals surface area contributed by atoms with E-state index in [-0.39, 0.29) is 0 Å². The number of hydrogen-bond acceptors (Lipinski definition) is 1. The van der Waals surface area contributed by atoms with Crippen molar-refractivity contribution in [1.82, 2.24) is 0 Å². The van der Waals surface area contributed by atoms with Crippen molar-refractivity contribution in [2.45, 2.75) is 64.2 Å². The minimum Gasteiger partial charge on any atom is -0.399 e. The molecule has 1 heteroatoms. The van der Waals surface area contributed by atoms with Gasteiger partial charge in [-0.1, -0.05) is 31.9 Å². The molecule has 0 saturated heterocycles. The Labute approximate surface area is 124 Å². The minimum absolute atomic E-state index is 0.786. The van der Waals surface area contributed by atoms with Gasteiger partial charge < -0.3 is 5.73 Å². The molecule has 2 saturated carbocycles. The molecule has 0 unspecified atom stereocenters. The predicted molar refractivity (Wildman–Crippen MR) is 86.7 cm³/mol. The third kappa shape index (κ3) is 3.19. The molecule has 0 bridgehead atoms. The van der Waals surface area contributed by atoms with Crippen molar-refractivity contribution in [1.29, 1.82) is 0 Å². The van der Waals surface area contributed by atoms with Crippen LogP contribution in [0, 0.1) is 17.8 Å². The summed E-state index contributed by atoms with van der Waals surface area (Å²) >= 11 is 0. The fourth-order valence-corrected chi connectivity index (χ4v) is 4.45. The van der Waals surface area contributed by atoms with Crippen molar-refractivity contribution in [3.8, 4) is 0 Å². The van der Waals surface area contributed by atoms with Crippen molar-refractivity contribution < 1.29 is 0 Å². The lowest BCUT2D eigenvalue weighted by molar-refractivity contribution is 0.165. The van der Waals surface area contributed by atoms with Gasteiger partial charge in [0.1, 0.15) is 0 Å². The maximum absolute atomic E-state index is 5.79. The Morgan fingerprint density at radius 3 is 1.80 bits per heavy atom. The molecule has 2 fully saturated rings. The van der Waals surface area contributed by atoms with Crippen LogP contribution >= 0.6 is 0 Å². The van der Waals surface area contributed by atoms with Gasteiger partial charge in [0.15, 0.2) is 0 Å². The lowest BCUT2D eigenvalue weighted by Crippen LogP contribution is -2.24. The molecule has 0 spiro atoms. The van der Waals surface area contributed by atoms with Gasteiger partial charge in [-0.15, -0.1) is 0 Å². The van der Waals surface area contributed by atoms with E-state index in [1.165, 1.54) is 56.9 Å². The molecule has 0 aromatic heterocycles. The highest BCUT2D eigenvalue weighted by Crippen LogP contribution is 2.43. The largest absolute Gasteiger partial charge is 0.399 e. The maximum Gasteiger partial charge on any atom is 0.0314 e. The molecular formula is C19H29N. The van der Waals surface area contributed by atoms with Crippen molar-refractivity contribution in [2.75, 3.05) is 5.73 Å². The highest BCUT2D eigenvalue weighted by molar-refractivity contribution is 5.40. The van der Waals surface area contributed by atoms with Gasteiger partial charge in [0.2, 0.25) is 0 Å². The van der Waals surface area contributed by atoms with Crippen LogP contribution in [0.25, 0.3) is 0 Å². The van der Waals surface area contributed by atoms with E-state index < -0.39 is 0 Å². The first kappa shape index (κ1) is 14.0. The number of nitrogen functional groups attached to an aromatic ring is 1. The zero-order chi connectivity index (χ0) is 13.9. The van der Waals surface area contributed by atoms with Crippen LogP contribution in [0.5, 0.6) is 0 Å². The predicted octanol–water partition coefficient (Wildman–Crippen LogP) is 5.37. The molecule has 2 N–H and O–H groups in total. The van der Waals surface area contributed by atoms with E-state index in [0.29, 0.717) is 0 Å². The first-order valence-electron chi connectivity index (χ1n) is 8.58. The van der Waals surface area contributed by atoms with Gasteiger partial charge in [0.05, 0.1) is 0 Å². The molecular weight excluding hydrogens is 242 g/mol. The second kappa shape index (κ2) is 6.20. The molecule has 0 aliphatic heterocycles. The van der Waals surface area contributed by atoms with Gasteiger partial charge in [-0.3, -0.25) is 0 Å². The van der Waals surface area contributed by atoms with Gasteiger partial charge in [-0.2, -0.15) is 0 Å². The van der Waals surface area contributed by atoms with Crippen LogP contribution in [0.4, 0.5) is 5.69 Å². The van der Waals surface area contributed by atoms with Crippen molar-refractivity contribution in [3.05, 3.63) is 29.8 Å². The van der Waals surface area contributed by atoms with E-state index in [1.807, 2.05) is 0 Å². The molecule has 1 nitrogen and oxygen atoms in total. The SMILES string of the molecule is C[C@H]1CC[C@H](C2CCC(c3ccc(N)cc3)CC2)CC1. The summed E-state index contributed by atoms with van der Waals surface area (Å²) in [7, 11) is 0. The molecule has 1 aromatic rings. The smallest absolute Gasteiger partial charge is 0.0314 e. The summed E-state index contributed by atoms with van der Waals surface area (Å²) < 4.78 is 0. The highest BCUT2D eigenvalue weighted by Gasteiger charge is 2.30. The van der Waals surface area contributed by atoms with Crippen molar-refractivity contribution >= 4 is 5.69 Å². The van der Waals surface area contributed by atoms with E-state index in [1.54, 1.807) is 0 Å². The van der Waals surface area contributed by atoms with Crippen LogP contribution in [0.15, 0.2) is 24.3 Å². The normalized spacial score (nSPS) is 34.9. The Morgan fingerprint density at radius 2 is 1.25 bits per heavy atom. The Balaban J connectivity index is 1.53. The van der Waals surface area contributed by atoms with Gasteiger partial charge in [-0.05, 0) is 79.9 Å². The third-order valence-corrected chi connectivity index (χ3v) is 5.91. The first-order chi connectivity index (χ1) is 9.72. The van der Waals surface area contributed by atoms with E-state index in [4.69, 9.17) is 5.73 Å². The van der Waals surface area contributed by atoms with Crippen molar-refractivity contribution in [2.24, 2.45) is 17.8 Å². The molecule has 0 heterocycles. The second-order valence-electron chi connectivity index (χ2n) is 7.30. The van der Waals surface area contributed by atoms with E-state index in [9.17, 15) is 0 Å². The second-order valence-corrected chi connectivity index (χ2v) is 7.30. The number of rotatable bonds is 2. The monoisotopic (exact) mass is 271 g/mol. The van der Waals surface area contributed by atoms with Crippen LogP contribution < -0.4 is 5.73 Å². The Kier molecular flexibility index (Phi) is 4.33. The van der Waals surface area contributed by atoms with Crippen LogP contribution in [-0.2, 0) is 0 Å². The topological polar surface area (TPSA) is 26.0 Å². The lowest BCUT2D eigenvalue weighted by Gasteiger charge is -2.37. The molecule has 0 atom stereocenters. The summed E-state index contributed by atoms with van der Waals surface area (Å²) in [5, 5.41) is 0. The van der Waals surface area contributed by atoms with E-state index in [0.717, 1.165) is 29.4 Å². The lowest BCUT2D eigenvalue weighted by atomic mass is 9.68. The average molecular weight is 271 g/mol. The van der Waals surface area contributed by atoms with Crippen LogP contribution in [0.3, 0.4) is 0 Å². The van der Waals surface area contributed by atoms with Gasteiger partial charge in [0.25, 0.3) is 0 Å². The Morgan fingerprint density at radius 1 is 0.750 bits per heavy atom. The van der Waals surface area contributed by atoms with Crippen molar-refractivity contribution in [3.63, 3.8) is 0 Å². The third-order valence-electron chi connectivity index (χ3n) is 5.91. The molecule has 20 heavy (non-hydrogen) atoms. The fourth-order valence-electron chi connectivity index (χ4n) is 4.45. The zero-order valence-electron chi connectivity index (χ0n) is 12.9. The van der Waals surface area contributed by atoms with Gasteiger partial charge >= 0.3 is 0 Å². The maximum atomic E-state index is 5.79. The van der Waals surface area contributed by atoms with Crippen LogP contribution in [0.1, 0.15) is 69.8 Å². The van der Waals surface area contributed by atoms with Gasteiger partial charge in [0, 0.05) is 5.69 Å². The molecule has 1 aromatic carbocycles. The molecule has 2 aliphatic rings. The molecule has 2 aliphatic carbocycles. The number of anilines is 1. The summed E-state index contributed by atoms with van der Waals surface area (Å²) in [6, 6.07) is 8.60. The average Bonchev–Trinajstić information content (AvgIpc) is 2.49. The standard InChI is InChI=1S/C19H29N/c1-14-2-4-15(5-3-14)16-6-8-17(9-7-16)18-10-12-19(20)13-11-18/h10-17H,2-9,20H2,1H3/t14-,15-,16?,17?. The summed E-state index contributed by atoms with van der Waals surface area (Å²) in [4.78, 5) is 0. The Bertz CT molecular complexity index is 406. The summed E-state index contributed by atoms with van der Waals surface area (Å²) in [6.07, 6.45) is 11.6. The summed E-state index contributed by atoms with van der Waals surface area (Å²) in [6.45, 7) is 2.42. The van der Waals surface area contributed by atoms with Crippen LogP contribution in [0.2, 0.25) is 0 Å². The fraction of sp³-hybridized carbons (Fsp3) is 0.684. The molecule has 3 rings (SSSR count). The zero-order valence-corrected chi connectivity index (χ0v) is 12.9. The summed E-state index contributed by atoms with van der Waals surface area (Å²) in [5.74, 6) is 3.83. The summed E-state index contributed by atoms with van der Waals surface area (Å²) in [5.41, 5.74) is 8.18. The number of benzene rings is 1.